The molecule has 1 atom stereocenters. The van der Waals surface area contributed by atoms with E-state index in [4.69, 9.17) is 0 Å². The lowest BCUT2D eigenvalue weighted by Gasteiger charge is -2.32. The number of sulfone groups is 1. The third-order valence-electron chi connectivity index (χ3n) is 5.97. The van der Waals surface area contributed by atoms with Crippen LogP contribution in [0.25, 0.3) is 0 Å². The average molecular weight is 450 g/mol. The van der Waals surface area contributed by atoms with E-state index in [0.717, 1.165) is 10.5 Å². The number of fused-ring (bicyclic) bond motifs is 2. The van der Waals surface area contributed by atoms with E-state index in [0.29, 0.717) is 16.9 Å². The highest BCUT2D eigenvalue weighted by molar-refractivity contribution is 7.94. The fourth-order valence-corrected chi connectivity index (χ4v) is 6.55. The summed E-state index contributed by atoms with van der Waals surface area (Å²) in [5.74, 6) is -2.53. The number of amides is 2. The number of carbonyl (C=O) groups is 2. The molecule has 2 aliphatic heterocycles. The van der Waals surface area contributed by atoms with E-state index in [9.17, 15) is 22.4 Å². The van der Waals surface area contributed by atoms with Gasteiger partial charge in [-0.05, 0) is 42.8 Å². The molecule has 1 unspecified atom stereocenters. The summed E-state index contributed by atoms with van der Waals surface area (Å²) >= 11 is 0. The Morgan fingerprint density at radius 2 is 1.59 bits per heavy atom. The van der Waals surface area contributed by atoms with Crippen molar-refractivity contribution >= 4 is 33.0 Å². The number of carbonyl (C=O) groups excluding carboxylic acids is 2. The van der Waals surface area contributed by atoms with Crippen LogP contribution in [0, 0.1) is 12.7 Å². The second-order valence-corrected chi connectivity index (χ2v) is 10.1. The summed E-state index contributed by atoms with van der Waals surface area (Å²) in [5, 5.41) is 0. The lowest BCUT2D eigenvalue weighted by atomic mass is 10.0. The number of aryl methyl sites for hydroxylation is 1. The zero-order valence-corrected chi connectivity index (χ0v) is 18.0. The molecule has 2 amide bonds. The van der Waals surface area contributed by atoms with Gasteiger partial charge in [0.25, 0.3) is 10.8 Å². The lowest BCUT2D eigenvalue weighted by molar-refractivity contribution is -0.123. The number of halogens is 1. The fourth-order valence-electron chi connectivity index (χ4n) is 4.51. The normalized spacial score (nSPS) is 21.4. The molecule has 3 aromatic rings. The quantitative estimate of drug-likeness (QED) is 0.614. The molecule has 0 aromatic heterocycles. The van der Waals surface area contributed by atoms with Gasteiger partial charge in [-0.25, -0.2) is 12.8 Å². The molecule has 32 heavy (non-hydrogen) atoms. The van der Waals surface area contributed by atoms with Crippen LogP contribution in [0.5, 0.6) is 0 Å². The summed E-state index contributed by atoms with van der Waals surface area (Å²) in [7, 11) is -4.21. The predicted molar refractivity (Wildman–Crippen MR) is 118 cm³/mol. The number of hydrogen-bond donors (Lipinski definition) is 0. The third-order valence-corrected chi connectivity index (χ3v) is 8.07. The molecule has 1 saturated heterocycles. The molecule has 162 valence electrons. The van der Waals surface area contributed by atoms with Crippen molar-refractivity contribution in [3.05, 3.63) is 95.3 Å². The zero-order valence-electron chi connectivity index (χ0n) is 17.2. The van der Waals surface area contributed by atoms with Crippen molar-refractivity contribution in [2.45, 2.75) is 18.3 Å². The summed E-state index contributed by atoms with van der Waals surface area (Å²) in [4.78, 5) is 27.3. The number of anilines is 2. The van der Waals surface area contributed by atoms with Crippen LogP contribution in [-0.2, 0) is 30.8 Å². The maximum Gasteiger partial charge on any atom is 0.274 e. The van der Waals surface area contributed by atoms with Crippen LogP contribution in [0.3, 0.4) is 0 Å². The Morgan fingerprint density at radius 1 is 0.938 bits per heavy atom. The lowest BCUT2D eigenvalue weighted by Crippen LogP contribution is -2.54. The summed E-state index contributed by atoms with van der Waals surface area (Å²) in [6.07, 6.45) is 0. The molecule has 5 rings (SSSR count). The second kappa shape index (κ2) is 7.00. The summed E-state index contributed by atoms with van der Waals surface area (Å²) < 4.78 is 40.4. The molecule has 0 aliphatic carbocycles. The van der Waals surface area contributed by atoms with Crippen molar-refractivity contribution < 1.29 is 22.4 Å². The van der Waals surface area contributed by atoms with Crippen molar-refractivity contribution in [3.63, 3.8) is 0 Å². The molecule has 0 radical (unpaired) electrons. The molecular weight excluding hydrogens is 431 g/mol. The minimum Gasteiger partial charge on any atom is -0.304 e. The number of nitrogens with zero attached hydrogens (tertiary/aromatic N) is 2. The first-order valence-electron chi connectivity index (χ1n) is 10.0. The highest BCUT2D eigenvalue weighted by Gasteiger charge is 2.69. The topological polar surface area (TPSA) is 74.8 Å². The van der Waals surface area contributed by atoms with Gasteiger partial charge in [-0.2, -0.15) is 0 Å². The standard InChI is InChI=1S/C24H19FN2O4S/c1-16-6-12-19(13-7-16)27-22(28)15-32(30,31)24(27)20-4-2-3-5-21(20)26(23(24)29)14-17-8-10-18(25)11-9-17/h2-13H,14-15H2,1H3. The van der Waals surface area contributed by atoms with Gasteiger partial charge >= 0.3 is 0 Å². The minimum atomic E-state index is -4.21. The first kappa shape index (κ1) is 20.4. The van der Waals surface area contributed by atoms with E-state index < -0.39 is 38.1 Å². The molecule has 1 fully saturated rings. The second-order valence-electron chi connectivity index (χ2n) is 8.00. The molecule has 0 N–H and O–H groups in total. The van der Waals surface area contributed by atoms with Crippen LogP contribution < -0.4 is 9.80 Å². The van der Waals surface area contributed by atoms with Crippen molar-refractivity contribution in [1.82, 2.24) is 0 Å². The van der Waals surface area contributed by atoms with E-state index >= 15 is 0 Å². The minimum absolute atomic E-state index is 0.0450. The van der Waals surface area contributed by atoms with E-state index in [-0.39, 0.29) is 12.1 Å². The maximum atomic E-state index is 13.9. The Labute approximate surface area is 184 Å². The Kier molecular flexibility index (Phi) is 4.46. The fraction of sp³-hybridized carbons (Fsp3) is 0.167. The smallest absolute Gasteiger partial charge is 0.274 e. The van der Waals surface area contributed by atoms with Gasteiger partial charge in [0.2, 0.25) is 5.91 Å². The number of benzene rings is 3. The van der Waals surface area contributed by atoms with E-state index in [1.54, 1.807) is 60.7 Å². The van der Waals surface area contributed by atoms with Crippen molar-refractivity contribution in [2.24, 2.45) is 0 Å². The van der Waals surface area contributed by atoms with Crippen molar-refractivity contribution in [2.75, 3.05) is 15.6 Å². The molecule has 2 heterocycles. The first-order valence-corrected chi connectivity index (χ1v) is 11.7. The highest BCUT2D eigenvalue weighted by atomic mass is 32.2. The summed E-state index contributed by atoms with van der Waals surface area (Å²) in [5.41, 5.74) is 2.58. The van der Waals surface area contributed by atoms with Crippen LogP contribution in [-0.4, -0.2) is 26.0 Å². The highest BCUT2D eigenvalue weighted by Crippen LogP contribution is 2.52. The molecule has 3 aromatic carbocycles. The summed E-state index contributed by atoms with van der Waals surface area (Å²) in [6.45, 7) is 1.92. The van der Waals surface area contributed by atoms with E-state index in [1.165, 1.54) is 17.0 Å². The van der Waals surface area contributed by atoms with Gasteiger partial charge in [-0.1, -0.05) is 48.0 Å². The molecule has 6 nitrogen and oxygen atoms in total. The van der Waals surface area contributed by atoms with Crippen LogP contribution in [0.4, 0.5) is 15.8 Å². The van der Waals surface area contributed by atoms with Gasteiger partial charge in [0.1, 0.15) is 11.6 Å². The first-order chi connectivity index (χ1) is 15.3. The van der Waals surface area contributed by atoms with Gasteiger partial charge in [0, 0.05) is 11.3 Å². The van der Waals surface area contributed by atoms with E-state index in [2.05, 4.69) is 0 Å². The Bertz CT molecular complexity index is 1350. The third kappa shape index (κ3) is 2.72. The van der Waals surface area contributed by atoms with Gasteiger partial charge in [-0.3, -0.25) is 14.5 Å². The molecule has 1 spiro atoms. The summed E-state index contributed by atoms with van der Waals surface area (Å²) in [6, 6.07) is 19.1. The van der Waals surface area contributed by atoms with Crippen LogP contribution in [0.15, 0.2) is 72.8 Å². The molecule has 2 aliphatic rings. The number of hydrogen-bond acceptors (Lipinski definition) is 4. The van der Waals surface area contributed by atoms with Crippen LogP contribution in [0.1, 0.15) is 16.7 Å². The maximum absolute atomic E-state index is 13.9. The Balaban J connectivity index is 1.72. The van der Waals surface area contributed by atoms with Crippen LogP contribution >= 0.6 is 0 Å². The number of para-hydroxylation sites is 1. The number of rotatable bonds is 3. The van der Waals surface area contributed by atoms with Gasteiger partial charge in [0.05, 0.1) is 12.2 Å². The largest absolute Gasteiger partial charge is 0.304 e. The average Bonchev–Trinajstić information content (AvgIpc) is 3.13. The Hall–Kier alpha value is -3.52. The molecule has 8 heteroatoms. The monoisotopic (exact) mass is 450 g/mol. The molecular formula is C24H19FN2O4S. The van der Waals surface area contributed by atoms with Gasteiger partial charge in [0.15, 0.2) is 9.84 Å². The molecule has 0 saturated carbocycles. The van der Waals surface area contributed by atoms with E-state index in [1.807, 2.05) is 6.92 Å². The Morgan fingerprint density at radius 3 is 2.28 bits per heavy atom. The molecule has 0 bridgehead atoms. The van der Waals surface area contributed by atoms with Gasteiger partial charge in [-0.15, -0.1) is 0 Å². The predicted octanol–water partition coefficient (Wildman–Crippen LogP) is 3.30. The van der Waals surface area contributed by atoms with Gasteiger partial charge < -0.3 is 4.90 Å². The van der Waals surface area contributed by atoms with Crippen molar-refractivity contribution in [1.29, 1.82) is 0 Å². The van der Waals surface area contributed by atoms with Crippen LogP contribution in [0.2, 0.25) is 0 Å². The zero-order chi connectivity index (χ0) is 22.7. The van der Waals surface area contributed by atoms with Crippen molar-refractivity contribution in [3.8, 4) is 0 Å². The SMILES string of the molecule is Cc1ccc(N2C(=O)CS(=O)(=O)C23C(=O)N(Cc2ccc(F)cc2)c2ccccc23)cc1.